The molecular weight excluding hydrogens is 240 g/mol. The Morgan fingerprint density at radius 1 is 1.42 bits per heavy atom. The van der Waals surface area contributed by atoms with Crippen LogP contribution in [0, 0.1) is 5.92 Å². The van der Waals surface area contributed by atoms with E-state index in [1.54, 1.807) is 12.1 Å². The second-order valence-electron chi connectivity index (χ2n) is 5.03. The summed E-state index contributed by atoms with van der Waals surface area (Å²) in [7, 11) is 0. The number of nitrogens with one attached hydrogen (secondary N) is 1. The molecule has 2 atom stereocenters. The van der Waals surface area contributed by atoms with Crippen molar-refractivity contribution in [3.05, 3.63) is 35.9 Å². The molecule has 1 aromatic heterocycles. The Hall–Kier alpha value is -2.10. The summed E-state index contributed by atoms with van der Waals surface area (Å²) < 4.78 is 0. The molecule has 1 aliphatic rings. The highest BCUT2D eigenvalue weighted by molar-refractivity contribution is 6.02. The van der Waals surface area contributed by atoms with E-state index in [1.165, 1.54) is 12.8 Å². The highest BCUT2D eigenvalue weighted by Crippen LogP contribution is 2.35. The molecule has 1 saturated carbocycles. The maximum atomic E-state index is 11.1. The molecule has 19 heavy (non-hydrogen) atoms. The van der Waals surface area contributed by atoms with Crippen molar-refractivity contribution in [1.82, 2.24) is 4.98 Å². The fourth-order valence-electron chi connectivity index (χ4n) is 2.49. The van der Waals surface area contributed by atoms with Crippen LogP contribution in [0.15, 0.2) is 30.3 Å². The van der Waals surface area contributed by atoms with Gasteiger partial charge in [-0.3, -0.25) is 0 Å². The molecule has 98 valence electrons. The maximum Gasteiger partial charge on any atom is 0.336 e. The van der Waals surface area contributed by atoms with E-state index in [1.807, 2.05) is 18.2 Å². The van der Waals surface area contributed by atoms with Gasteiger partial charge in [0.2, 0.25) is 0 Å². The number of carboxylic acid groups (broad SMARTS) is 1. The number of carbonyl (C=O) groups is 1. The van der Waals surface area contributed by atoms with Gasteiger partial charge in [-0.15, -0.1) is 0 Å². The molecule has 3 rings (SSSR count). The Labute approximate surface area is 111 Å². The molecule has 1 aliphatic carbocycles. The van der Waals surface area contributed by atoms with E-state index in [-0.39, 0.29) is 0 Å². The molecule has 0 radical (unpaired) electrons. The Morgan fingerprint density at radius 3 is 2.95 bits per heavy atom. The van der Waals surface area contributed by atoms with Gasteiger partial charge < -0.3 is 10.4 Å². The van der Waals surface area contributed by atoms with Gasteiger partial charge in [-0.25, -0.2) is 9.78 Å². The molecule has 0 spiro atoms. The van der Waals surface area contributed by atoms with Gasteiger partial charge in [-0.1, -0.05) is 19.4 Å². The maximum absolute atomic E-state index is 11.1. The minimum atomic E-state index is -0.915. The number of aromatic carboxylic acids is 1. The molecule has 0 aliphatic heterocycles. The first-order valence-electron chi connectivity index (χ1n) is 6.58. The molecule has 0 saturated heterocycles. The summed E-state index contributed by atoms with van der Waals surface area (Å²) in [6, 6.07) is 9.40. The van der Waals surface area contributed by atoms with Gasteiger partial charge in [0.15, 0.2) is 0 Å². The molecule has 2 unspecified atom stereocenters. The van der Waals surface area contributed by atoms with Gasteiger partial charge in [-0.2, -0.15) is 0 Å². The van der Waals surface area contributed by atoms with Crippen LogP contribution in [-0.4, -0.2) is 22.1 Å². The van der Waals surface area contributed by atoms with Crippen LogP contribution in [0.1, 0.15) is 30.1 Å². The van der Waals surface area contributed by atoms with Gasteiger partial charge in [0.1, 0.15) is 5.82 Å². The third-order valence-electron chi connectivity index (χ3n) is 3.74. The van der Waals surface area contributed by atoms with Crippen molar-refractivity contribution in [3.63, 3.8) is 0 Å². The summed E-state index contributed by atoms with van der Waals surface area (Å²) in [5.74, 6) is 0.667. The molecular formula is C15H16N2O2. The molecule has 1 aromatic carbocycles. The number of benzene rings is 1. The normalized spacial score (nSPS) is 21.3. The smallest absolute Gasteiger partial charge is 0.336 e. The molecule has 2 aromatic rings. The number of fused-ring (bicyclic) bond motifs is 1. The minimum absolute atomic E-state index is 0.300. The first-order chi connectivity index (χ1) is 9.19. The van der Waals surface area contributed by atoms with Crippen molar-refractivity contribution in [2.75, 3.05) is 5.32 Å². The molecule has 1 fully saturated rings. The summed E-state index contributed by atoms with van der Waals surface area (Å²) in [6.45, 7) is 2.19. The van der Waals surface area contributed by atoms with Gasteiger partial charge in [0.25, 0.3) is 0 Å². The molecule has 0 amide bonds. The lowest BCUT2D eigenvalue weighted by molar-refractivity contribution is 0.0699. The molecule has 1 heterocycles. The quantitative estimate of drug-likeness (QED) is 0.882. The fraction of sp³-hybridized carbons (Fsp3) is 0.333. The van der Waals surface area contributed by atoms with E-state index in [9.17, 15) is 4.79 Å². The predicted octanol–water partition coefficient (Wildman–Crippen LogP) is 3.14. The van der Waals surface area contributed by atoms with Crippen molar-refractivity contribution in [1.29, 1.82) is 0 Å². The SMILES string of the molecule is CCC1CC1Nc1ccc2c(C(=O)O)cccc2n1. The molecule has 4 heteroatoms. The van der Waals surface area contributed by atoms with E-state index >= 15 is 0 Å². The number of anilines is 1. The monoisotopic (exact) mass is 256 g/mol. The van der Waals surface area contributed by atoms with Gasteiger partial charge in [0.05, 0.1) is 11.1 Å². The number of nitrogens with zero attached hydrogens (tertiary/aromatic N) is 1. The van der Waals surface area contributed by atoms with Crippen molar-refractivity contribution in [3.8, 4) is 0 Å². The van der Waals surface area contributed by atoms with Crippen molar-refractivity contribution < 1.29 is 9.90 Å². The van der Waals surface area contributed by atoms with Crippen molar-refractivity contribution >= 4 is 22.7 Å². The van der Waals surface area contributed by atoms with Gasteiger partial charge in [-0.05, 0) is 36.6 Å². The average Bonchev–Trinajstić information content (AvgIpc) is 3.16. The highest BCUT2D eigenvalue weighted by atomic mass is 16.4. The lowest BCUT2D eigenvalue weighted by atomic mass is 10.1. The van der Waals surface area contributed by atoms with Crippen LogP contribution < -0.4 is 5.32 Å². The van der Waals surface area contributed by atoms with E-state index in [0.717, 1.165) is 17.3 Å². The third-order valence-corrected chi connectivity index (χ3v) is 3.74. The Bertz CT molecular complexity index is 639. The highest BCUT2D eigenvalue weighted by Gasteiger charge is 2.35. The topological polar surface area (TPSA) is 62.2 Å². The minimum Gasteiger partial charge on any atom is -0.478 e. The summed E-state index contributed by atoms with van der Waals surface area (Å²) in [5, 5.41) is 13.2. The lowest BCUT2D eigenvalue weighted by Gasteiger charge is -2.07. The third kappa shape index (κ3) is 2.26. The number of aromatic nitrogens is 1. The zero-order valence-electron chi connectivity index (χ0n) is 10.8. The summed E-state index contributed by atoms with van der Waals surface area (Å²) in [5.41, 5.74) is 1.02. The number of hydrogen-bond acceptors (Lipinski definition) is 3. The van der Waals surface area contributed by atoms with E-state index in [2.05, 4.69) is 17.2 Å². The number of pyridine rings is 1. The summed E-state index contributed by atoms with van der Waals surface area (Å²) in [6.07, 6.45) is 2.39. The van der Waals surface area contributed by atoms with Crippen LogP contribution in [0.3, 0.4) is 0 Å². The lowest BCUT2D eigenvalue weighted by Crippen LogP contribution is -2.06. The average molecular weight is 256 g/mol. The zero-order valence-corrected chi connectivity index (χ0v) is 10.8. The standard InChI is InChI=1S/C15H16N2O2/c1-2-9-8-13(9)17-14-7-6-10-11(15(18)19)4-3-5-12(10)16-14/h3-7,9,13H,2,8H2,1H3,(H,16,17)(H,18,19). The predicted molar refractivity (Wildman–Crippen MR) is 74.5 cm³/mol. The van der Waals surface area contributed by atoms with Crippen molar-refractivity contribution in [2.24, 2.45) is 5.92 Å². The van der Waals surface area contributed by atoms with Crippen LogP contribution in [-0.2, 0) is 0 Å². The molecule has 0 bridgehead atoms. The van der Waals surface area contributed by atoms with Crippen molar-refractivity contribution in [2.45, 2.75) is 25.8 Å². The summed E-state index contributed by atoms with van der Waals surface area (Å²) >= 11 is 0. The van der Waals surface area contributed by atoms with Crippen LogP contribution in [0.25, 0.3) is 10.9 Å². The van der Waals surface area contributed by atoms with E-state index in [0.29, 0.717) is 17.0 Å². The van der Waals surface area contributed by atoms with Gasteiger partial charge in [0, 0.05) is 11.4 Å². The number of carboxylic acids is 1. The number of hydrogen-bond donors (Lipinski definition) is 2. The first kappa shape index (κ1) is 12.0. The molecule has 4 nitrogen and oxygen atoms in total. The van der Waals surface area contributed by atoms with E-state index in [4.69, 9.17) is 5.11 Å². The van der Waals surface area contributed by atoms with Crippen LogP contribution >= 0.6 is 0 Å². The van der Waals surface area contributed by atoms with Crippen LogP contribution in [0.5, 0.6) is 0 Å². The van der Waals surface area contributed by atoms with E-state index < -0.39 is 5.97 Å². The second-order valence-corrected chi connectivity index (χ2v) is 5.03. The Kier molecular flexibility index (Phi) is 2.85. The number of rotatable bonds is 4. The fourth-order valence-corrected chi connectivity index (χ4v) is 2.49. The first-order valence-corrected chi connectivity index (χ1v) is 6.58. The van der Waals surface area contributed by atoms with Gasteiger partial charge >= 0.3 is 5.97 Å². The zero-order chi connectivity index (χ0) is 13.4. The Morgan fingerprint density at radius 2 is 2.26 bits per heavy atom. The van der Waals surface area contributed by atoms with Crippen LogP contribution in [0.4, 0.5) is 5.82 Å². The molecule has 2 N–H and O–H groups in total. The summed E-state index contributed by atoms with van der Waals surface area (Å²) in [4.78, 5) is 15.6. The second kappa shape index (κ2) is 4.53. The Balaban J connectivity index is 1.91. The van der Waals surface area contributed by atoms with Crippen LogP contribution in [0.2, 0.25) is 0 Å². The largest absolute Gasteiger partial charge is 0.478 e.